The van der Waals surface area contributed by atoms with E-state index in [1.54, 1.807) is 23.9 Å². The highest BCUT2D eigenvalue weighted by molar-refractivity contribution is 7.99. The predicted octanol–water partition coefficient (Wildman–Crippen LogP) is 7.87. The largest absolute Gasteiger partial charge is 0.508 e. The molecule has 0 spiro atoms. The molecule has 7 heteroatoms. The molecule has 0 saturated heterocycles. The van der Waals surface area contributed by atoms with Crippen LogP contribution in [0.15, 0.2) is 131 Å². The van der Waals surface area contributed by atoms with E-state index >= 15 is 0 Å². The number of benzene rings is 4. The quantitative estimate of drug-likeness (QED) is 0.208. The lowest BCUT2D eigenvalue weighted by molar-refractivity contribution is 0.306. The van der Waals surface area contributed by atoms with Crippen molar-refractivity contribution < 1.29 is 9.84 Å². The molecule has 0 aliphatic heterocycles. The van der Waals surface area contributed by atoms with Crippen LogP contribution in [0.25, 0.3) is 22.3 Å². The molecule has 0 atom stereocenters. The van der Waals surface area contributed by atoms with Crippen LogP contribution >= 0.6 is 11.8 Å². The van der Waals surface area contributed by atoms with Crippen LogP contribution in [0.3, 0.4) is 0 Å². The minimum Gasteiger partial charge on any atom is -0.508 e. The number of pyridine rings is 1. The Morgan fingerprint density at radius 3 is 2.33 bits per heavy atom. The number of anilines is 2. The van der Waals surface area contributed by atoms with Gasteiger partial charge < -0.3 is 15.2 Å². The fourth-order valence-electron chi connectivity index (χ4n) is 4.11. The van der Waals surface area contributed by atoms with Crippen molar-refractivity contribution in [3.05, 3.63) is 127 Å². The number of fused-ring (bicyclic) bond motifs is 1. The number of rotatable bonds is 8. The van der Waals surface area contributed by atoms with Crippen LogP contribution in [0.1, 0.15) is 5.56 Å². The minimum atomic E-state index is 0.234. The van der Waals surface area contributed by atoms with Gasteiger partial charge in [-0.2, -0.15) is 0 Å². The molecule has 0 aliphatic carbocycles. The lowest BCUT2D eigenvalue weighted by Crippen LogP contribution is -2.00. The Labute approximate surface area is 230 Å². The number of hydrogen-bond donors (Lipinski definition) is 2. The molecule has 39 heavy (non-hydrogen) atoms. The molecule has 0 unspecified atom stereocenters. The van der Waals surface area contributed by atoms with E-state index in [9.17, 15) is 5.11 Å². The Morgan fingerprint density at radius 1 is 0.769 bits per heavy atom. The number of aromatic hydroxyl groups is 1. The average molecular weight is 529 g/mol. The average Bonchev–Trinajstić information content (AvgIpc) is 2.99. The second-order valence-corrected chi connectivity index (χ2v) is 9.92. The van der Waals surface area contributed by atoms with E-state index in [0.717, 1.165) is 43.4 Å². The highest BCUT2D eigenvalue weighted by atomic mass is 32.2. The summed E-state index contributed by atoms with van der Waals surface area (Å²) < 4.78 is 6.12. The fraction of sp³-hybridized carbons (Fsp3) is 0.0312. The van der Waals surface area contributed by atoms with Crippen LogP contribution in [-0.2, 0) is 6.61 Å². The second kappa shape index (κ2) is 11.2. The molecular formula is C32H24N4O2S. The summed E-state index contributed by atoms with van der Waals surface area (Å²) in [7, 11) is 0. The molecular weight excluding hydrogens is 504 g/mol. The summed E-state index contributed by atoms with van der Waals surface area (Å²) in [4.78, 5) is 15.7. The minimum absolute atomic E-state index is 0.234. The molecule has 6 nitrogen and oxygen atoms in total. The Balaban J connectivity index is 1.33. The molecule has 190 valence electrons. The highest BCUT2D eigenvalue weighted by Gasteiger charge is 2.12. The van der Waals surface area contributed by atoms with Crippen molar-refractivity contribution >= 4 is 34.3 Å². The van der Waals surface area contributed by atoms with Crippen molar-refractivity contribution in [3.8, 4) is 22.8 Å². The summed E-state index contributed by atoms with van der Waals surface area (Å²) in [6, 6.07) is 37.2. The number of nitrogens with zero attached hydrogens (tertiary/aromatic N) is 3. The third-order valence-electron chi connectivity index (χ3n) is 6.08. The first kappa shape index (κ1) is 24.5. The topological polar surface area (TPSA) is 80.2 Å². The highest BCUT2D eigenvalue weighted by Crippen LogP contribution is 2.38. The molecule has 6 aromatic rings. The summed E-state index contributed by atoms with van der Waals surface area (Å²) in [6.07, 6.45) is 1.52. The molecule has 0 saturated carbocycles. The van der Waals surface area contributed by atoms with Gasteiger partial charge in [0.05, 0.1) is 16.8 Å². The standard InChI is InChI=1S/C32H24N4O2S/c37-24-11-14-26(15-12-24)39-30-18-13-25(38-20-22-7-3-1-4-8-22)19-29(30)36-32-27-16-17-28(23-9-5-2-6-10-23)35-31(27)33-21-34-32/h1-19,21,37H,20H2,(H,33,34,35,36). The SMILES string of the molecule is Oc1ccc(Sc2ccc(OCc3ccccc3)cc2Nc2ncnc3nc(-c4ccccc4)ccc23)cc1. The van der Waals surface area contributed by atoms with Gasteiger partial charge in [0.25, 0.3) is 0 Å². The van der Waals surface area contributed by atoms with Crippen molar-refractivity contribution in [2.45, 2.75) is 16.4 Å². The van der Waals surface area contributed by atoms with E-state index < -0.39 is 0 Å². The predicted molar refractivity (Wildman–Crippen MR) is 155 cm³/mol. The van der Waals surface area contributed by atoms with Crippen LogP contribution in [0, 0.1) is 0 Å². The van der Waals surface area contributed by atoms with Gasteiger partial charge in [-0.25, -0.2) is 15.0 Å². The maximum absolute atomic E-state index is 9.70. The second-order valence-electron chi connectivity index (χ2n) is 8.81. The first-order valence-electron chi connectivity index (χ1n) is 12.4. The molecule has 0 aliphatic rings. The van der Waals surface area contributed by atoms with E-state index in [1.165, 1.54) is 6.33 Å². The lowest BCUT2D eigenvalue weighted by atomic mass is 10.1. The molecule has 2 heterocycles. The summed E-state index contributed by atoms with van der Waals surface area (Å²) in [6.45, 7) is 0.466. The van der Waals surface area contributed by atoms with Gasteiger partial charge in [-0.1, -0.05) is 72.4 Å². The molecule has 2 N–H and O–H groups in total. The number of hydrogen-bond acceptors (Lipinski definition) is 7. The van der Waals surface area contributed by atoms with Crippen LogP contribution in [0.2, 0.25) is 0 Å². The normalized spacial score (nSPS) is 10.9. The van der Waals surface area contributed by atoms with E-state index in [1.807, 2.05) is 103 Å². The smallest absolute Gasteiger partial charge is 0.165 e. The Bertz CT molecular complexity index is 1710. The molecule has 0 fully saturated rings. The number of ether oxygens (including phenoxy) is 1. The van der Waals surface area contributed by atoms with Gasteiger partial charge in [-0.15, -0.1) is 0 Å². The van der Waals surface area contributed by atoms with Gasteiger partial charge >= 0.3 is 0 Å². The van der Waals surface area contributed by atoms with E-state index in [2.05, 4.69) is 15.3 Å². The van der Waals surface area contributed by atoms with Crippen LogP contribution in [0.5, 0.6) is 11.5 Å². The Hall–Kier alpha value is -4.88. The number of nitrogens with one attached hydrogen (secondary N) is 1. The summed E-state index contributed by atoms with van der Waals surface area (Å²) in [5.41, 5.74) is 4.43. The summed E-state index contributed by atoms with van der Waals surface area (Å²) in [5, 5.41) is 14.0. The third-order valence-corrected chi connectivity index (χ3v) is 7.17. The van der Waals surface area contributed by atoms with Crippen LogP contribution < -0.4 is 10.1 Å². The van der Waals surface area contributed by atoms with E-state index in [0.29, 0.717) is 18.1 Å². The van der Waals surface area contributed by atoms with Gasteiger partial charge in [0.2, 0.25) is 0 Å². The van der Waals surface area contributed by atoms with Gasteiger partial charge in [-0.05, 0) is 54.1 Å². The van der Waals surface area contributed by atoms with Crippen molar-refractivity contribution in [2.24, 2.45) is 0 Å². The number of phenols is 1. The van der Waals surface area contributed by atoms with Crippen molar-refractivity contribution in [1.29, 1.82) is 0 Å². The van der Waals surface area contributed by atoms with Crippen LogP contribution in [-0.4, -0.2) is 20.1 Å². The Morgan fingerprint density at radius 2 is 1.54 bits per heavy atom. The van der Waals surface area contributed by atoms with Crippen LogP contribution in [0.4, 0.5) is 11.5 Å². The summed E-state index contributed by atoms with van der Waals surface area (Å²) >= 11 is 1.58. The van der Waals surface area contributed by atoms with E-state index in [4.69, 9.17) is 9.72 Å². The molecule has 0 amide bonds. The molecule has 0 radical (unpaired) electrons. The zero-order chi connectivity index (χ0) is 26.4. The van der Waals surface area contributed by atoms with Crippen molar-refractivity contribution in [2.75, 3.05) is 5.32 Å². The molecule has 0 bridgehead atoms. The summed E-state index contributed by atoms with van der Waals surface area (Å²) in [5.74, 6) is 1.62. The fourth-order valence-corrected chi connectivity index (χ4v) is 4.99. The first-order valence-corrected chi connectivity index (χ1v) is 13.2. The van der Waals surface area contributed by atoms with Gasteiger partial charge in [0.1, 0.15) is 30.3 Å². The number of aromatic nitrogens is 3. The van der Waals surface area contributed by atoms with Crippen molar-refractivity contribution in [1.82, 2.24) is 15.0 Å². The maximum Gasteiger partial charge on any atom is 0.165 e. The molecule has 6 rings (SSSR count). The zero-order valence-electron chi connectivity index (χ0n) is 20.9. The molecule has 4 aromatic carbocycles. The third kappa shape index (κ3) is 5.84. The Kier molecular flexibility index (Phi) is 7.05. The van der Waals surface area contributed by atoms with Gasteiger partial charge in [-0.3, -0.25) is 0 Å². The maximum atomic E-state index is 9.70. The first-order chi connectivity index (χ1) is 19.2. The zero-order valence-corrected chi connectivity index (χ0v) is 21.7. The van der Waals surface area contributed by atoms with Crippen molar-refractivity contribution in [3.63, 3.8) is 0 Å². The van der Waals surface area contributed by atoms with Gasteiger partial charge in [0.15, 0.2) is 5.65 Å². The number of phenolic OH excluding ortho intramolecular Hbond substituents is 1. The monoisotopic (exact) mass is 528 g/mol. The van der Waals surface area contributed by atoms with Gasteiger partial charge in [0, 0.05) is 21.4 Å². The lowest BCUT2D eigenvalue weighted by Gasteiger charge is -2.15. The molecule has 2 aromatic heterocycles. The van der Waals surface area contributed by atoms with E-state index in [-0.39, 0.29) is 5.75 Å².